The lowest BCUT2D eigenvalue weighted by molar-refractivity contribution is 0.144. The van der Waals surface area contributed by atoms with Gasteiger partial charge in [-0.1, -0.05) is 35.2 Å². The molecule has 0 bridgehead atoms. The van der Waals surface area contributed by atoms with Gasteiger partial charge < -0.3 is 10.0 Å². The molecule has 1 aromatic rings. The summed E-state index contributed by atoms with van der Waals surface area (Å²) in [5.74, 6) is 0. The minimum atomic E-state index is -0.414. The number of hydrogen-bond donors (Lipinski definition) is 1. The highest BCUT2D eigenvalue weighted by atomic mass is 79.9. The van der Waals surface area contributed by atoms with Gasteiger partial charge in [0.1, 0.15) is 0 Å². The molecule has 21 heavy (non-hydrogen) atoms. The van der Waals surface area contributed by atoms with E-state index < -0.39 is 6.10 Å². The third-order valence-corrected chi connectivity index (χ3v) is 6.01. The second-order valence-electron chi connectivity index (χ2n) is 6.93. The molecule has 0 radical (unpaired) electrons. The number of aliphatic hydroxyl groups is 1. The van der Waals surface area contributed by atoms with Crippen LogP contribution >= 0.6 is 15.9 Å². The van der Waals surface area contributed by atoms with Gasteiger partial charge >= 0.3 is 0 Å². The molecule has 1 heterocycles. The molecule has 1 saturated carbocycles. The van der Waals surface area contributed by atoms with E-state index in [1.165, 1.54) is 50.6 Å². The number of benzene rings is 1. The molecule has 1 unspecified atom stereocenters. The molecule has 1 saturated heterocycles. The molecule has 3 heteroatoms. The molecule has 1 aliphatic carbocycles. The Balaban J connectivity index is 1.75. The van der Waals surface area contributed by atoms with E-state index in [-0.39, 0.29) is 0 Å². The van der Waals surface area contributed by atoms with Gasteiger partial charge in [-0.3, -0.25) is 0 Å². The van der Waals surface area contributed by atoms with E-state index in [2.05, 4.69) is 39.0 Å². The topological polar surface area (TPSA) is 23.5 Å². The minimum Gasteiger partial charge on any atom is -0.389 e. The van der Waals surface area contributed by atoms with Crippen LogP contribution in [-0.4, -0.2) is 18.2 Å². The Hall–Kier alpha value is -0.540. The number of halogens is 1. The van der Waals surface area contributed by atoms with Gasteiger partial charge in [0, 0.05) is 28.8 Å². The van der Waals surface area contributed by atoms with Gasteiger partial charge in [0.2, 0.25) is 0 Å². The van der Waals surface area contributed by atoms with Crippen molar-refractivity contribution in [2.24, 2.45) is 5.41 Å². The molecule has 2 aliphatic rings. The van der Waals surface area contributed by atoms with Crippen molar-refractivity contribution in [3.63, 3.8) is 0 Å². The first-order valence-electron chi connectivity index (χ1n) is 8.32. The Morgan fingerprint density at radius 2 is 1.76 bits per heavy atom. The van der Waals surface area contributed by atoms with Gasteiger partial charge in [0.25, 0.3) is 0 Å². The predicted molar refractivity (Wildman–Crippen MR) is 91.7 cm³/mol. The van der Waals surface area contributed by atoms with E-state index in [1.807, 2.05) is 6.92 Å². The first-order valence-corrected chi connectivity index (χ1v) is 9.11. The summed E-state index contributed by atoms with van der Waals surface area (Å²) >= 11 is 3.52. The minimum absolute atomic E-state index is 0.414. The van der Waals surface area contributed by atoms with E-state index in [1.54, 1.807) is 0 Å². The van der Waals surface area contributed by atoms with Crippen LogP contribution in [0.5, 0.6) is 0 Å². The van der Waals surface area contributed by atoms with Crippen molar-refractivity contribution in [2.45, 2.75) is 58.0 Å². The first kappa shape index (κ1) is 15.4. The van der Waals surface area contributed by atoms with Gasteiger partial charge in [-0.2, -0.15) is 0 Å². The maximum Gasteiger partial charge on any atom is 0.0782 e. The van der Waals surface area contributed by atoms with Crippen molar-refractivity contribution in [1.29, 1.82) is 0 Å². The van der Waals surface area contributed by atoms with E-state index in [4.69, 9.17) is 0 Å². The molecule has 1 N–H and O–H groups in total. The molecule has 1 aromatic carbocycles. The SMILES string of the molecule is CC(O)c1cc(Br)ccc1N1CCC2(CCCCC2)CC1. The highest BCUT2D eigenvalue weighted by Crippen LogP contribution is 2.45. The number of rotatable bonds is 2. The van der Waals surface area contributed by atoms with Crippen LogP contribution in [0.4, 0.5) is 5.69 Å². The molecular formula is C18H26BrNO. The van der Waals surface area contributed by atoms with Crippen LogP contribution in [0, 0.1) is 5.41 Å². The Bertz CT molecular complexity index is 484. The third kappa shape index (κ3) is 3.29. The average molecular weight is 352 g/mol. The molecule has 1 aliphatic heterocycles. The van der Waals surface area contributed by atoms with Crippen molar-refractivity contribution >= 4 is 21.6 Å². The van der Waals surface area contributed by atoms with Gasteiger partial charge in [-0.15, -0.1) is 0 Å². The summed E-state index contributed by atoms with van der Waals surface area (Å²) in [5.41, 5.74) is 2.90. The Morgan fingerprint density at radius 1 is 1.10 bits per heavy atom. The first-order chi connectivity index (χ1) is 10.1. The van der Waals surface area contributed by atoms with E-state index in [0.717, 1.165) is 23.1 Å². The quantitative estimate of drug-likeness (QED) is 0.805. The summed E-state index contributed by atoms with van der Waals surface area (Å²) in [5, 5.41) is 10.1. The highest BCUT2D eigenvalue weighted by molar-refractivity contribution is 9.10. The molecular weight excluding hydrogens is 326 g/mol. The van der Waals surface area contributed by atoms with Crippen molar-refractivity contribution < 1.29 is 5.11 Å². The lowest BCUT2D eigenvalue weighted by atomic mass is 9.68. The molecule has 2 fully saturated rings. The molecule has 1 atom stereocenters. The summed E-state index contributed by atoms with van der Waals surface area (Å²) in [6, 6.07) is 6.31. The molecule has 116 valence electrons. The number of aliphatic hydroxyl groups excluding tert-OH is 1. The second kappa shape index (κ2) is 6.29. The van der Waals surface area contributed by atoms with Crippen LogP contribution in [0.15, 0.2) is 22.7 Å². The second-order valence-corrected chi connectivity index (χ2v) is 7.84. The van der Waals surface area contributed by atoms with Crippen molar-refractivity contribution in [3.05, 3.63) is 28.2 Å². The Kier molecular flexibility index (Phi) is 4.60. The summed E-state index contributed by atoms with van der Waals surface area (Å²) in [6.45, 7) is 4.14. The zero-order valence-electron chi connectivity index (χ0n) is 12.9. The largest absolute Gasteiger partial charge is 0.389 e. The van der Waals surface area contributed by atoms with Crippen molar-refractivity contribution in [1.82, 2.24) is 0 Å². The predicted octanol–water partition coefficient (Wildman–Crippen LogP) is 5.05. The molecule has 2 nitrogen and oxygen atoms in total. The molecule has 3 rings (SSSR count). The average Bonchev–Trinajstić information content (AvgIpc) is 2.49. The van der Waals surface area contributed by atoms with Crippen molar-refractivity contribution in [3.8, 4) is 0 Å². The van der Waals surface area contributed by atoms with Crippen LogP contribution in [0.25, 0.3) is 0 Å². The van der Waals surface area contributed by atoms with Gasteiger partial charge in [-0.25, -0.2) is 0 Å². The van der Waals surface area contributed by atoms with Gasteiger partial charge in [0.05, 0.1) is 6.10 Å². The number of piperidine rings is 1. The number of anilines is 1. The zero-order chi connectivity index (χ0) is 14.9. The van der Waals surface area contributed by atoms with Gasteiger partial charge in [0.15, 0.2) is 0 Å². The molecule has 0 amide bonds. The maximum atomic E-state index is 10.1. The smallest absolute Gasteiger partial charge is 0.0782 e. The lowest BCUT2D eigenvalue weighted by Gasteiger charge is -2.45. The molecule has 1 spiro atoms. The summed E-state index contributed by atoms with van der Waals surface area (Å²) in [7, 11) is 0. The normalized spacial score (nSPS) is 23.3. The monoisotopic (exact) mass is 351 g/mol. The third-order valence-electron chi connectivity index (χ3n) is 5.52. The van der Waals surface area contributed by atoms with Crippen LogP contribution in [0.3, 0.4) is 0 Å². The van der Waals surface area contributed by atoms with Gasteiger partial charge in [-0.05, 0) is 56.2 Å². The number of hydrogen-bond acceptors (Lipinski definition) is 2. The maximum absolute atomic E-state index is 10.1. The number of nitrogens with zero attached hydrogens (tertiary/aromatic N) is 1. The highest BCUT2D eigenvalue weighted by Gasteiger charge is 2.35. The fraction of sp³-hybridized carbons (Fsp3) is 0.667. The van der Waals surface area contributed by atoms with Crippen molar-refractivity contribution in [2.75, 3.05) is 18.0 Å². The summed E-state index contributed by atoms with van der Waals surface area (Å²) in [4.78, 5) is 2.48. The molecule has 0 aromatic heterocycles. The van der Waals surface area contributed by atoms with Crippen LogP contribution in [0.2, 0.25) is 0 Å². The van der Waals surface area contributed by atoms with Crippen LogP contribution in [-0.2, 0) is 0 Å². The Labute approximate surface area is 136 Å². The van der Waals surface area contributed by atoms with E-state index in [0.29, 0.717) is 5.41 Å². The fourth-order valence-electron chi connectivity index (χ4n) is 4.17. The standard InChI is InChI=1S/C18H26BrNO/c1-14(21)16-13-15(19)5-6-17(16)20-11-9-18(10-12-20)7-3-2-4-8-18/h5-6,13-14,21H,2-4,7-12H2,1H3. The van der Waals surface area contributed by atoms with E-state index in [9.17, 15) is 5.11 Å². The van der Waals surface area contributed by atoms with E-state index >= 15 is 0 Å². The van der Waals surface area contributed by atoms with Crippen LogP contribution < -0.4 is 4.90 Å². The fourth-order valence-corrected chi connectivity index (χ4v) is 4.55. The lowest BCUT2D eigenvalue weighted by Crippen LogP contribution is -2.41. The summed E-state index contributed by atoms with van der Waals surface area (Å²) in [6.07, 6.45) is 9.39. The zero-order valence-corrected chi connectivity index (χ0v) is 14.5. The van der Waals surface area contributed by atoms with Crippen LogP contribution in [0.1, 0.15) is 63.5 Å². The summed E-state index contributed by atoms with van der Waals surface area (Å²) < 4.78 is 1.04. The Morgan fingerprint density at radius 3 is 2.38 bits per heavy atom.